The fourth-order valence-corrected chi connectivity index (χ4v) is 5.26. The number of anilines is 1. The molecule has 1 aromatic rings. The number of urea groups is 1. The van der Waals surface area contributed by atoms with Gasteiger partial charge in [-0.1, -0.05) is 12.1 Å². The topological polar surface area (TPSA) is 162 Å². The minimum absolute atomic E-state index is 0.0651. The first-order chi connectivity index (χ1) is 16.1. The predicted octanol–water partition coefficient (Wildman–Crippen LogP) is 2.09. The molecule has 4 rings (SSSR count). The Morgan fingerprint density at radius 1 is 0.941 bits per heavy atom. The second-order valence-corrected chi connectivity index (χ2v) is 9.94. The average Bonchev–Trinajstić information content (AvgIpc) is 3.52. The zero-order valence-corrected chi connectivity index (χ0v) is 19.5. The van der Waals surface area contributed by atoms with Crippen molar-refractivity contribution in [1.82, 2.24) is 10.0 Å². The van der Waals surface area contributed by atoms with E-state index < -0.39 is 28.0 Å². The van der Waals surface area contributed by atoms with E-state index >= 15 is 0 Å². The zero-order chi connectivity index (χ0) is 24.7. The number of fused-ring (bicyclic) bond motifs is 2. The van der Waals surface area contributed by atoms with E-state index in [0.29, 0.717) is 12.2 Å². The molecule has 5 N–H and O–H groups in total. The van der Waals surface area contributed by atoms with Crippen molar-refractivity contribution in [2.45, 2.75) is 57.4 Å². The van der Waals surface area contributed by atoms with E-state index in [-0.39, 0.29) is 6.04 Å². The SMILES string of the molecule is O=C(Nc1c2c(cc3c1CCC3)CCC2)NS(=O)(=O)/C=C/C1CCCN1.O=C(O)/C=C\C(=O)O. The second kappa shape index (κ2) is 11.3. The fraction of sp³-hybridized carbons (Fsp3) is 0.435. The van der Waals surface area contributed by atoms with Crippen molar-refractivity contribution in [3.8, 4) is 0 Å². The lowest BCUT2D eigenvalue weighted by Gasteiger charge is -2.16. The van der Waals surface area contributed by atoms with Crippen molar-refractivity contribution >= 4 is 33.7 Å². The Kier molecular flexibility index (Phi) is 8.46. The maximum atomic E-state index is 12.4. The van der Waals surface area contributed by atoms with E-state index in [2.05, 4.69) is 21.4 Å². The summed E-state index contributed by atoms with van der Waals surface area (Å²) in [5.74, 6) is -2.51. The third kappa shape index (κ3) is 7.16. The van der Waals surface area contributed by atoms with Crippen molar-refractivity contribution in [3.05, 3.63) is 52.0 Å². The molecule has 11 heteroatoms. The molecule has 1 aliphatic heterocycles. The summed E-state index contributed by atoms with van der Waals surface area (Å²) in [5, 5.41) is 22.8. The molecule has 0 saturated carbocycles. The lowest BCUT2D eigenvalue weighted by molar-refractivity contribution is -0.134. The van der Waals surface area contributed by atoms with Crippen LogP contribution in [0.5, 0.6) is 0 Å². The number of carbonyl (C=O) groups is 3. The highest BCUT2D eigenvalue weighted by Crippen LogP contribution is 2.38. The zero-order valence-electron chi connectivity index (χ0n) is 18.7. The molecule has 0 spiro atoms. The van der Waals surface area contributed by atoms with Gasteiger partial charge < -0.3 is 20.8 Å². The fourth-order valence-electron chi connectivity index (χ4n) is 4.49. The van der Waals surface area contributed by atoms with Gasteiger partial charge in [-0.05, 0) is 80.2 Å². The molecule has 3 aliphatic rings. The molecule has 1 fully saturated rings. The third-order valence-electron chi connectivity index (χ3n) is 5.90. The molecule has 1 heterocycles. The van der Waals surface area contributed by atoms with E-state index in [1.807, 2.05) is 0 Å². The van der Waals surface area contributed by atoms with Crippen molar-refractivity contribution in [2.24, 2.45) is 0 Å². The molecule has 1 aromatic carbocycles. The molecule has 1 saturated heterocycles. The maximum Gasteiger partial charge on any atom is 0.333 e. The quantitative estimate of drug-likeness (QED) is 0.378. The van der Waals surface area contributed by atoms with Gasteiger partial charge in [-0.3, -0.25) is 0 Å². The number of carboxylic acids is 2. The Hall–Kier alpha value is -3.18. The number of hydrogen-bond donors (Lipinski definition) is 5. The van der Waals surface area contributed by atoms with Crippen LogP contribution in [0.2, 0.25) is 0 Å². The first-order valence-corrected chi connectivity index (χ1v) is 12.7. The summed E-state index contributed by atoms with van der Waals surface area (Å²) in [6.45, 7) is 0.896. The van der Waals surface area contributed by atoms with Gasteiger partial charge in [0.1, 0.15) is 0 Å². The van der Waals surface area contributed by atoms with E-state index in [9.17, 15) is 22.8 Å². The normalized spacial score (nSPS) is 18.9. The van der Waals surface area contributed by atoms with Crippen LogP contribution < -0.4 is 15.4 Å². The van der Waals surface area contributed by atoms with Crippen molar-refractivity contribution in [1.29, 1.82) is 0 Å². The van der Waals surface area contributed by atoms with Crippen LogP contribution in [-0.4, -0.2) is 49.2 Å². The predicted molar refractivity (Wildman–Crippen MR) is 126 cm³/mol. The van der Waals surface area contributed by atoms with E-state index in [1.54, 1.807) is 6.08 Å². The van der Waals surface area contributed by atoms with Crippen molar-refractivity contribution < 1.29 is 33.0 Å². The van der Waals surface area contributed by atoms with Gasteiger partial charge >= 0.3 is 18.0 Å². The maximum absolute atomic E-state index is 12.4. The number of sulfonamides is 1. The molecular weight excluding hydrogens is 462 g/mol. The van der Waals surface area contributed by atoms with Gasteiger partial charge in [-0.2, -0.15) is 0 Å². The van der Waals surface area contributed by atoms with Crippen LogP contribution in [0.25, 0.3) is 0 Å². The summed E-state index contributed by atoms with van der Waals surface area (Å²) in [4.78, 5) is 31.5. The summed E-state index contributed by atoms with van der Waals surface area (Å²) in [7, 11) is -3.80. The van der Waals surface area contributed by atoms with Gasteiger partial charge in [-0.25, -0.2) is 27.5 Å². The minimum Gasteiger partial charge on any atom is -0.478 e. The van der Waals surface area contributed by atoms with Crippen LogP contribution in [0.1, 0.15) is 47.9 Å². The van der Waals surface area contributed by atoms with E-state index in [1.165, 1.54) is 22.3 Å². The molecule has 2 amide bonds. The summed E-state index contributed by atoms with van der Waals surface area (Å²) in [6.07, 6.45) is 10.8. The first kappa shape index (κ1) is 25.4. The molecule has 0 radical (unpaired) electrons. The van der Waals surface area contributed by atoms with Crippen LogP contribution in [-0.2, 0) is 45.3 Å². The van der Waals surface area contributed by atoms with E-state index in [0.717, 1.165) is 69.0 Å². The van der Waals surface area contributed by atoms with Gasteiger partial charge in [0.2, 0.25) is 0 Å². The Morgan fingerprint density at radius 3 is 2.03 bits per heavy atom. The first-order valence-electron chi connectivity index (χ1n) is 11.2. The largest absolute Gasteiger partial charge is 0.478 e. The van der Waals surface area contributed by atoms with Crippen molar-refractivity contribution in [3.63, 3.8) is 0 Å². The van der Waals surface area contributed by atoms with Crippen LogP contribution in [0.4, 0.5) is 10.5 Å². The third-order valence-corrected chi connectivity index (χ3v) is 6.89. The van der Waals surface area contributed by atoms with Crippen LogP contribution >= 0.6 is 0 Å². The van der Waals surface area contributed by atoms with Gasteiger partial charge in [0.25, 0.3) is 10.0 Å². The lowest BCUT2D eigenvalue weighted by atomic mass is 9.99. The number of carbonyl (C=O) groups excluding carboxylic acids is 1. The molecule has 1 unspecified atom stereocenters. The van der Waals surface area contributed by atoms with Gasteiger partial charge in [0.15, 0.2) is 0 Å². The Balaban J connectivity index is 0.000000350. The summed E-state index contributed by atoms with van der Waals surface area (Å²) < 4.78 is 26.5. The summed E-state index contributed by atoms with van der Waals surface area (Å²) in [5.41, 5.74) is 5.82. The molecule has 1 atom stereocenters. The number of carboxylic acid groups (broad SMARTS) is 2. The average molecular weight is 492 g/mol. The smallest absolute Gasteiger partial charge is 0.333 e. The number of aliphatic carboxylic acids is 2. The number of rotatable bonds is 6. The molecule has 2 aliphatic carbocycles. The van der Waals surface area contributed by atoms with Crippen LogP contribution in [0, 0.1) is 0 Å². The highest BCUT2D eigenvalue weighted by molar-refractivity contribution is 7.92. The lowest BCUT2D eigenvalue weighted by Crippen LogP contribution is -2.34. The molecule has 184 valence electrons. The summed E-state index contributed by atoms with van der Waals surface area (Å²) >= 11 is 0. The van der Waals surface area contributed by atoms with Crippen LogP contribution in [0.3, 0.4) is 0 Å². The Morgan fingerprint density at radius 2 is 1.53 bits per heavy atom. The number of amides is 2. The Bertz CT molecular complexity index is 1070. The van der Waals surface area contributed by atoms with Crippen LogP contribution in [0.15, 0.2) is 29.7 Å². The number of nitrogens with one attached hydrogen (secondary N) is 3. The number of hydrogen-bond acceptors (Lipinski definition) is 6. The highest BCUT2D eigenvalue weighted by Gasteiger charge is 2.25. The molecule has 0 bridgehead atoms. The Labute approximate surface area is 198 Å². The number of aryl methyl sites for hydroxylation is 2. The van der Waals surface area contributed by atoms with E-state index in [4.69, 9.17) is 10.2 Å². The van der Waals surface area contributed by atoms with Gasteiger partial charge in [0, 0.05) is 29.3 Å². The molecular formula is C23H29N3O7S. The second-order valence-electron chi connectivity index (χ2n) is 8.38. The van der Waals surface area contributed by atoms with Gasteiger partial charge in [-0.15, -0.1) is 0 Å². The minimum atomic E-state index is -3.80. The molecule has 10 nitrogen and oxygen atoms in total. The summed E-state index contributed by atoms with van der Waals surface area (Å²) in [6, 6.07) is 1.67. The number of benzene rings is 1. The van der Waals surface area contributed by atoms with Crippen molar-refractivity contribution in [2.75, 3.05) is 11.9 Å². The molecule has 34 heavy (non-hydrogen) atoms. The monoisotopic (exact) mass is 491 g/mol. The molecule has 0 aromatic heterocycles. The standard InChI is InChI=1S/C19H25N3O3S.C4H4O4/c23-19(22-26(24,25)11-9-15-6-3-10-20-15)21-18-16-7-1-4-13(16)12-14-5-2-8-17(14)18;5-3(6)1-2-4(7)8/h9,11-12,15,20H,1-8,10H2,(H2,21,22,23);1-2H,(H,5,6)(H,7,8)/b11-9+;2-1-. The van der Waals surface area contributed by atoms with Gasteiger partial charge in [0.05, 0.1) is 0 Å². The highest BCUT2D eigenvalue weighted by atomic mass is 32.2.